The molecule has 0 radical (unpaired) electrons. The van der Waals surface area contributed by atoms with Crippen molar-refractivity contribution in [3.63, 3.8) is 0 Å². The van der Waals surface area contributed by atoms with Crippen LogP contribution in [0.4, 0.5) is 0 Å². The van der Waals surface area contributed by atoms with E-state index in [1.165, 1.54) is 22.3 Å². The van der Waals surface area contributed by atoms with E-state index in [9.17, 15) is 5.11 Å². The van der Waals surface area contributed by atoms with Gasteiger partial charge in [0.05, 0.1) is 38.7 Å². The zero-order valence-electron chi connectivity index (χ0n) is 26.9. The van der Waals surface area contributed by atoms with Gasteiger partial charge >= 0.3 is 0 Å². The normalized spacial score (nSPS) is 21.1. The van der Waals surface area contributed by atoms with Gasteiger partial charge in [-0.15, -0.1) is 0 Å². The number of fused-ring (bicyclic) bond motifs is 5. The summed E-state index contributed by atoms with van der Waals surface area (Å²) in [5.74, 6) is 0.360. The molecule has 46 heavy (non-hydrogen) atoms. The van der Waals surface area contributed by atoms with Crippen molar-refractivity contribution in [3.8, 4) is 0 Å². The molecule has 2 N–H and O–H groups in total. The van der Waals surface area contributed by atoms with E-state index in [1.807, 2.05) is 0 Å². The lowest BCUT2D eigenvalue weighted by atomic mass is 9.87. The summed E-state index contributed by atoms with van der Waals surface area (Å²) in [6.07, 6.45) is 11.7. The smallest absolute Gasteiger partial charge is 0.106 e. The number of aliphatic hydroxyl groups excluding tert-OH is 1. The number of aryl methyl sites for hydroxylation is 4. The molecule has 5 nitrogen and oxygen atoms in total. The Balaban J connectivity index is 1.46. The number of nitrogens with one attached hydrogen (secondary N) is 1. The van der Waals surface area contributed by atoms with Gasteiger partial charge in [0.25, 0.3) is 0 Å². The Labute approximate surface area is 278 Å². The minimum atomic E-state index is -0.180. The second-order valence-electron chi connectivity index (χ2n) is 13.7. The van der Waals surface area contributed by atoms with Crippen molar-refractivity contribution in [1.82, 2.24) is 5.32 Å². The molecule has 1 aliphatic carbocycles. The predicted octanol–water partition coefficient (Wildman–Crippen LogP) is 9.51. The minimum Gasteiger partial charge on any atom is -0.511 e. The number of aliphatic imine (C=N–C) groups is 3. The summed E-state index contributed by atoms with van der Waals surface area (Å²) in [6.45, 7) is 13.1. The van der Waals surface area contributed by atoms with Gasteiger partial charge in [-0.3, -0.25) is 0 Å². The number of nitrogens with zero attached hydrogens (tertiary/aromatic N) is 3. The third kappa shape index (κ3) is 4.45. The van der Waals surface area contributed by atoms with Crippen molar-refractivity contribution in [2.75, 3.05) is 0 Å². The molecule has 0 amide bonds. The van der Waals surface area contributed by atoms with Crippen molar-refractivity contribution in [2.45, 2.75) is 54.4 Å². The van der Waals surface area contributed by atoms with Gasteiger partial charge in [-0.2, -0.15) is 0 Å². The summed E-state index contributed by atoms with van der Waals surface area (Å²) in [7, 11) is 0. The van der Waals surface area contributed by atoms with Crippen LogP contribution in [0.25, 0.3) is 11.1 Å². The van der Waals surface area contributed by atoms with Crippen LogP contribution in [0.3, 0.4) is 0 Å². The highest BCUT2D eigenvalue weighted by molar-refractivity contribution is 9.12. The molecule has 2 aromatic rings. The van der Waals surface area contributed by atoms with Crippen LogP contribution in [-0.4, -0.2) is 22.2 Å². The first kappa shape index (κ1) is 28.9. The number of halogens is 1. The maximum Gasteiger partial charge on any atom is 0.106 e. The standard InChI is InChI=1S/C40H35BrN4O/c1-20-7-9-24(10-8-20)35-27-11-12-29(42-27)36(34-22(3)15-21(2)16-23(34)4)31-17-26-33(46)18-25(38(26)44-31)32-19-40(5,6)39(45-32)37(41)30-14-13-28(35)43-30/h7-17,45-46H,18-19H2,1-6H3. The van der Waals surface area contributed by atoms with Gasteiger partial charge in [-0.05, 0) is 103 Å². The van der Waals surface area contributed by atoms with E-state index in [4.69, 9.17) is 15.0 Å². The molecule has 0 aromatic heterocycles. The maximum atomic E-state index is 11.3. The molecule has 8 rings (SSSR count). The minimum absolute atomic E-state index is 0.180. The van der Waals surface area contributed by atoms with E-state index in [0.29, 0.717) is 12.2 Å². The van der Waals surface area contributed by atoms with Gasteiger partial charge < -0.3 is 10.4 Å². The molecule has 0 spiro atoms. The molecular weight excluding hydrogens is 632 g/mol. The highest BCUT2D eigenvalue weighted by Crippen LogP contribution is 2.48. The molecule has 1 fully saturated rings. The van der Waals surface area contributed by atoms with Crippen LogP contribution in [0.15, 0.2) is 132 Å². The number of aliphatic hydroxyl groups is 1. The first-order chi connectivity index (χ1) is 22.0. The van der Waals surface area contributed by atoms with Gasteiger partial charge in [0.1, 0.15) is 5.76 Å². The number of hydrogen-bond acceptors (Lipinski definition) is 5. The second-order valence-corrected chi connectivity index (χ2v) is 14.5. The third-order valence-electron chi connectivity index (χ3n) is 9.66. The van der Waals surface area contributed by atoms with Gasteiger partial charge in [-0.1, -0.05) is 61.4 Å². The second kappa shape index (κ2) is 10.2. The molecule has 6 heteroatoms. The zero-order chi connectivity index (χ0) is 32.1. The fourth-order valence-electron chi connectivity index (χ4n) is 7.52. The number of allylic oxidation sites excluding steroid dienone is 12. The molecule has 5 aliphatic heterocycles. The fraction of sp³-hybridized carbons (Fsp3) is 0.225. The van der Waals surface area contributed by atoms with Crippen LogP contribution in [0.1, 0.15) is 60.1 Å². The van der Waals surface area contributed by atoms with E-state index >= 15 is 0 Å². The summed E-state index contributed by atoms with van der Waals surface area (Å²) in [5.41, 5.74) is 17.9. The first-order valence-corrected chi connectivity index (χ1v) is 16.6. The van der Waals surface area contributed by atoms with Gasteiger partial charge in [-0.25, -0.2) is 15.0 Å². The van der Waals surface area contributed by atoms with Crippen molar-refractivity contribution in [3.05, 3.63) is 150 Å². The summed E-state index contributed by atoms with van der Waals surface area (Å²) in [5, 5.41) is 15.1. The van der Waals surface area contributed by atoms with Gasteiger partial charge in [0.2, 0.25) is 0 Å². The molecule has 2 aromatic carbocycles. The lowest BCUT2D eigenvalue weighted by Crippen LogP contribution is -2.17. The Morgan fingerprint density at radius 3 is 2.17 bits per heavy atom. The van der Waals surface area contributed by atoms with E-state index in [2.05, 4.69) is 130 Å². The van der Waals surface area contributed by atoms with Crippen LogP contribution in [0, 0.1) is 33.1 Å². The van der Waals surface area contributed by atoms with Gasteiger partial charge in [0.15, 0.2) is 0 Å². The van der Waals surface area contributed by atoms with Gasteiger partial charge in [0, 0.05) is 45.5 Å². The number of benzene rings is 2. The van der Waals surface area contributed by atoms with Crippen molar-refractivity contribution in [1.29, 1.82) is 0 Å². The highest BCUT2D eigenvalue weighted by atomic mass is 79.9. The Hall–Kier alpha value is -4.55. The van der Waals surface area contributed by atoms with E-state index in [0.717, 1.165) is 89.9 Å². The Bertz CT molecular complexity index is 2150. The zero-order valence-corrected chi connectivity index (χ0v) is 28.5. The first-order valence-electron chi connectivity index (χ1n) is 15.8. The van der Waals surface area contributed by atoms with Crippen LogP contribution >= 0.6 is 15.9 Å². The molecular formula is C40H35BrN4O. The molecule has 0 saturated carbocycles. The third-order valence-corrected chi connectivity index (χ3v) is 10.5. The highest BCUT2D eigenvalue weighted by Gasteiger charge is 2.41. The number of rotatable bonds is 2. The Morgan fingerprint density at radius 1 is 0.804 bits per heavy atom. The fourth-order valence-corrected chi connectivity index (χ4v) is 8.38. The number of hydrogen-bond donors (Lipinski definition) is 2. The molecule has 5 heterocycles. The summed E-state index contributed by atoms with van der Waals surface area (Å²) < 4.78 is 0.939. The quantitative estimate of drug-likeness (QED) is 0.335. The van der Waals surface area contributed by atoms with Crippen LogP contribution < -0.4 is 5.32 Å². The molecule has 8 bridgehead atoms. The lowest BCUT2D eigenvalue weighted by Gasteiger charge is -2.19. The van der Waals surface area contributed by atoms with E-state index in [-0.39, 0.29) is 5.41 Å². The van der Waals surface area contributed by atoms with Crippen molar-refractivity contribution < 1.29 is 5.11 Å². The summed E-state index contributed by atoms with van der Waals surface area (Å²) in [6, 6.07) is 13.0. The molecule has 6 aliphatic rings. The molecule has 228 valence electrons. The van der Waals surface area contributed by atoms with Crippen molar-refractivity contribution >= 4 is 44.2 Å². The van der Waals surface area contributed by atoms with Crippen LogP contribution in [0.2, 0.25) is 0 Å². The van der Waals surface area contributed by atoms with Crippen LogP contribution in [0.5, 0.6) is 0 Å². The topological polar surface area (TPSA) is 69.3 Å². The SMILES string of the molecule is Cc1ccc(C2=C3C=CC(=N3)C(Br)=C3NC(=C4CC(O)=C5C=C(N=C54)C(c4c(C)cc(C)cc4C)=C4C=CC2=N4)CC3(C)C)cc1. The summed E-state index contributed by atoms with van der Waals surface area (Å²) in [4.78, 5) is 15.9. The molecule has 0 atom stereocenters. The maximum absolute atomic E-state index is 11.3. The van der Waals surface area contributed by atoms with E-state index in [1.54, 1.807) is 0 Å². The lowest BCUT2D eigenvalue weighted by molar-refractivity contribution is 0.400. The Kier molecular flexibility index (Phi) is 6.42. The molecule has 1 saturated heterocycles. The predicted molar refractivity (Wildman–Crippen MR) is 193 cm³/mol. The largest absolute Gasteiger partial charge is 0.511 e. The Morgan fingerprint density at radius 2 is 1.46 bits per heavy atom. The van der Waals surface area contributed by atoms with Crippen molar-refractivity contribution in [2.24, 2.45) is 20.4 Å². The average Bonchev–Trinajstić information content (AvgIpc) is 3.82. The van der Waals surface area contributed by atoms with E-state index < -0.39 is 0 Å². The monoisotopic (exact) mass is 666 g/mol. The summed E-state index contributed by atoms with van der Waals surface area (Å²) >= 11 is 3.94. The average molecular weight is 668 g/mol. The molecule has 0 unspecified atom stereocenters. The van der Waals surface area contributed by atoms with Crippen LogP contribution in [-0.2, 0) is 0 Å².